The monoisotopic (exact) mass is 726 g/mol. The van der Waals surface area contributed by atoms with Crippen molar-refractivity contribution >= 4 is 55.2 Å². The largest absolute Gasteiger partial charge is 0.311 e. The molecule has 0 spiro atoms. The molecule has 55 heavy (non-hydrogen) atoms. The van der Waals surface area contributed by atoms with Crippen molar-refractivity contribution in [1.82, 2.24) is 4.40 Å². The maximum absolute atomic E-state index is 14.8. The van der Waals surface area contributed by atoms with Gasteiger partial charge in [0.05, 0.1) is 22.1 Å². The molecule has 10 rings (SSSR count). The zero-order valence-electron chi connectivity index (χ0n) is 28.9. The molecule has 0 N–H and O–H groups in total. The first-order valence-electron chi connectivity index (χ1n) is 17.7. The van der Waals surface area contributed by atoms with Crippen LogP contribution in [-0.2, 0) is 0 Å². The highest BCUT2D eigenvalue weighted by Crippen LogP contribution is 2.42. The minimum atomic E-state index is -2.19. The second-order valence-corrected chi connectivity index (χ2v) is 13.6. The lowest BCUT2D eigenvalue weighted by Crippen LogP contribution is -2.10. The summed E-state index contributed by atoms with van der Waals surface area (Å²) in [6.07, 6.45) is 0. The van der Waals surface area contributed by atoms with Gasteiger partial charge in [-0.05, 0) is 76.3 Å². The highest BCUT2D eigenvalue weighted by atomic mass is 19.2. The van der Waals surface area contributed by atoms with Gasteiger partial charge in [-0.25, -0.2) is 22.0 Å². The van der Waals surface area contributed by atoms with E-state index in [0.29, 0.717) is 5.69 Å². The fourth-order valence-corrected chi connectivity index (χ4v) is 7.93. The van der Waals surface area contributed by atoms with E-state index in [1.807, 2.05) is 71.6 Å². The number of rotatable bonds is 6. The second-order valence-electron chi connectivity index (χ2n) is 13.6. The molecule has 0 aliphatic heterocycles. The first kappa shape index (κ1) is 32.6. The predicted molar refractivity (Wildman–Crippen MR) is 212 cm³/mol. The van der Waals surface area contributed by atoms with Crippen LogP contribution in [-0.4, -0.2) is 4.40 Å². The standard InChI is InChI=1S/C48H27F5N2/c49-43-42(44(50)46(52)47(53)45(43)51)31-17-24-35(25-18-31)54(33-20-13-29(14-21-33)28-7-2-1-3-8-28)34-22-15-30(16-23-34)32-19-26-37-39-11-6-10-38-36-9-4-5-12-40(36)55(48(38)39)41(37)27-32/h1-27H. The molecule has 0 amide bonds. The first-order valence-corrected chi connectivity index (χ1v) is 17.7. The van der Waals surface area contributed by atoms with Gasteiger partial charge >= 0.3 is 0 Å². The van der Waals surface area contributed by atoms with Gasteiger partial charge in [-0.15, -0.1) is 0 Å². The third-order valence-electron chi connectivity index (χ3n) is 10.5. The first-order chi connectivity index (χ1) is 26.9. The van der Waals surface area contributed by atoms with E-state index in [1.165, 1.54) is 39.2 Å². The van der Waals surface area contributed by atoms with Crippen LogP contribution < -0.4 is 4.90 Å². The number of benzene rings is 8. The summed E-state index contributed by atoms with van der Waals surface area (Å²) in [6.45, 7) is 0. The van der Waals surface area contributed by atoms with Gasteiger partial charge in [0.2, 0.25) is 5.82 Å². The van der Waals surface area contributed by atoms with Gasteiger partial charge in [0.15, 0.2) is 23.3 Å². The minimum Gasteiger partial charge on any atom is -0.311 e. The molecule has 2 aromatic heterocycles. The number of fused-ring (bicyclic) bond motifs is 6. The van der Waals surface area contributed by atoms with Crippen LogP contribution >= 0.6 is 0 Å². The summed E-state index contributed by atoms with van der Waals surface area (Å²) in [5.74, 6) is -9.91. The summed E-state index contributed by atoms with van der Waals surface area (Å²) in [6, 6.07) is 53.5. The van der Waals surface area contributed by atoms with Gasteiger partial charge in [-0.3, -0.25) is 0 Å². The fourth-order valence-electron chi connectivity index (χ4n) is 7.93. The van der Waals surface area contributed by atoms with Gasteiger partial charge < -0.3 is 9.30 Å². The van der Waals surface area contributed by atoms with Crippen LogP contribution in [0.3, 0.4) is 0 Å². The average molecular weight is 727 g/mol. The molecule has 0 fully saturated rings. The summed E-state index contributed by atoms with van der Waals surface area (Å²) in [4.78, 5) is 1.98. The highest BCUT2D eigenvalue weighted by molar-refractivity contribution is 6.23. The molecule has 2 nitrogen and oxygen atoms in total. The van der Waals surface area contributed by atoms with Crippen molar-refractivity contribution in [3.8, 4) is 33.4 Å². The van der Waals surface area contributed by atoms with Crippen LogP contribution in [0, 0.1) is 29.1 Å². The number of para-hydroxylation sites is 2. The number of hydrogen-bond donors (Lipinski definition) is 0. The van der Waals surface area contributed by atoms with Crippen LogP contribution in [0.5, 0.6) is 0 Å². The number of nitrogens with zero attached hydrogens (tertiary/aromatic N) is 2. The van der Waals surface area contributed by atoms with Crippen molar-refractivity contribution in [2.24, 2.45) is 0 Å². The number of aromatic nitrogens is 1. The zero-order chi connectivity index (χ0) is 37.4. The third kappa shape index (κ3) is 5.07. The molecule has 0 saturated carbocycles. The zero-order valence-corrected chi connectivity index (χ0v) is 28.9. The predicted octanol–water partition coefficient (Wildman–Crippen LogP) is 14.0. The summed E-state index contributed by atoms with van der Waals surface area (Å²) < 4.78 is 73.9. The van der Waals surface area contributed by atoms with Crippen LogP contribution in [0.25, 0.3) is 71.5 Å². The Morgan fingerprint density at radius 3 is 1.36 bits per heavy atom. The van der Waals surface area contributed by atoms with Crippen LogP contribution in [0.15, 0.2) is 164 Å². The lowest BCUT2D eigenvalue weighted by Gasteiger charge is -2.26. The second kappa shape index (κ2) is 12.6. The number of halogens is 5. The Morgan fingerprint density at radius 2 is 0.764 bits per heavy atom. The smallest absolute Gasteiger partial charge is 0.200 e. The summed E-state index contributed by atoms with van der Waals surface area (Å²) >= 11 is 0. The number of hydrogen-bond acceptors (Lipinski definition) is 1. The lowest BCUT2D eigenvalue weighted by atomic mass is 10.0. The summed E-state index contributed by atoms with van der Waals surface area (Å²) in [7, 11) is 0. The Balaban J connectivity index is 1.06. The molecule has 0 aliphatic carbocycles. The quantitative estimate of drug-likeness (QED) is 0.0941. The SMILES string of the molecule is Fc1c(F)c(F)c(-c2ccc(N(c3ccc(-c4ccccc4)cc3)c3ccc(-c4ccc5c6cccc7c8ccccc8n(c5c4)c76)cc3)cc2)c(F)c1F. The van der Waals surface area contributed by atoms with Crippen molar-refractivity contribution in [3.63, 3.8) is 0 Å². The van der Waals surface area contributed by atoms with Crippen LogP contribution in [0.1, 0.15) is 0 Å². The van der Waals surface area contributed by atoms with E-state index >= 15 is 0 Å². The third-order valence-corrected chi connectivity index (χ3v) is 10.5. The minimum absolute atomic E-state index is 0.141. The van der Waals surface area contributed by atoms with E-state index in [0.717, 1.165) is 44.7 Å². The van der Waals surface area contributed by atoms with E-state index in [-0.39, 0.29) is 5.56 Å². The summed E-state index contributed by atoms with van der Waals surface area (Å²) in [5.41, 5.74) is 8.75. The van der Waals surface area contributed by atoms with Crippen LogP contribution in [0.4, 0.5) is 39.0 Å². The van der Waals surface area contributed by atoms with Gasteiger partial charge in [0.1, 0.15) is 0 Å². The Bertz CT molecular complexity index is 3030. The normalized spacial score (nSPS) is 11.7. The Kier molecular flexibility index (Phi) is 7.46. The molecule has 8 aromatic carbocycles. The van der Waals surface area contributed by atoms with Crippen LogP contribution in [0.2, 0.25) is 0 Å². The Hall–Kier alpha value is -6.99. The molecular formula is C48H27F5N2. The highest BCUT2D eigenvalue weighted by Gasteiger charge is 2.27. The molecule has 7 heteroatoms. The Morgan fingerprint density at radius 1 is 0.327 bits per heavy atom. The molecule has 0 aliphatic rings. The molecule has 0 saturated heterocycles. The Labute approximate surface area is 311 Å². The van der Waals surface area contributed by atoms with Crippen molar-refractivity contribution in [2.45, 2.75) is 0 Å². The molecule has 0 bridgehead atoms. The number of anilines is 3. The lowest BCUT2D eigenvalue weighted by molar-refractivity contribution is 0.381. The molecule has 0 atom stereocenters. The van der Waals surface area contributed by atoms with Crippen molar-refractivity contribution in [1.29, 1.82) is 0 Å². The summed E-state index contributed by atoms with van der Waals surface area (Å²) in [5, 5.41) is 4.85. The molecule has 264 valence electrons. The van der Waals surface area contributed by atoms with Crippen molar-refractivity contribution in [2.75, 3.05) is 4.90 Å². The van der Waals surface area contributed by atoms with Gasteiger partial charge in [-0.1, -0.05) is 115 Å². The van der Waals surface area contributed by atoms with Crippen molar-refractivity contribution in [3.05, 3.63) is 193 Å². The van der Waals surface area contributed by atoms with Gasteiger partial charge in [-0.2, -0.15) is 0 Å². The molecule has 10 aromatic rings. The van der Waals surface area contributed by atoms with E-state index in [9.17, 15) is 22.0 Å². The molecular weight excluding hydrogens is 700 g/mol. The molecule has 0 radical (unpaired) electrons. The average Bonchev–Trinajstić information content (AvgIpc) is 3.76. The van der Waals surface area contributed by atoms with E-state index in [2.05, 4.69) is 77.2 Å². The van der Waals surface area contributed by atoms with Crippen molar-refractivity contribution < 1.29 is 22.0 Å². The maximum atomic E-state index is 14.8. The van der Waals surface area contributed by atoms with E-state index < -0.39 is 34.6 Å². The fraction of sp³-hybridized carbons (Fsp3) is 0. The van der Waals surface area contributed by atoms with Gasteiger partial charge in [0, 0.05) is 38.6 Å². The van der Waals surface area contributed by atoms with E-state index in [1.54, 1.807) is 12.1 Å². The van der Waals surface area contributed by atoms with E-state index in [4.69, 9.17) is 0 Å². The topological polar surface area (TPSA) is 7.65 Å². The molecule has 0 unspecified atom stereocenters. The van der Waals surface area contributed by atoms with Gasteiger partial charge in [0.25, 0.3) is 0 Å². The molecule has 2 heterocycles. The maximum Gasteiger partial charge on any atom is 0.200 e.